The number of hydrogen-bond donors (Lipinski definition) is 1. The Labute approximate surface area is 151 Å². The van der Waals surface area contributed by atoms with Crippen LogP contribution in [0.4, 0.5) is 0 Å². The number of benzene rings is 1. The molecule has 1 heterocycles. The summed E-state index contributed by atoms with van der Waals surface area (Å²) >= 11 is 0. The number of carbonyl (C=O) groups is 1. The van der Waals surface area contributed by atoms with Crippen LogP contribution >= 0.6 is 12.4 Å². The lowest BCUT2D eigenvalue weighted by Gasteiger charge is -2.25. The van der Waals surface area contributed by atoms with E-state index in [-0.39, 0.29) is 24.4 Å². The van der Waals surface area contributed by atoms with Gasteiger partial charge in [-0.15, -0.1) is 12.4 Å². The van der Waals surface area contributed by atoms with Crippen molar-refractivity contribution in [1.82, 2.24) is 10.2 Å². The molecule has 1 atom stereocenters. The fraction of sp³-hybridized carbons (Fsp3) is 0.611. The minimum atomic E-state index is 0. The van der Waals surface area contributed by atoms with Gasteiger partial charge in [0, 0.05) is 24.7 Å². The van der Waals surface area contributed by atoms with Crippen LogP contribution in [0, 0.1) is 0 Å². The molecule has 6 heteroatoms. The molecule has 136 valence electrons. The highest BCUT2D eigenvalue weighted by Gasteiger charge is 2.29. The smallest absolute Gasteiger partial charge is 0.254 e. The van der Waals surface area contributed by atoms with Gasteiger partial charge in [0.15, 0.2) is 11.5 Å². The van der Waals surface area contributed by atoms with Crippen molar-refractivity contribution >= 4 is 18.3 Å². The van der Waals surface area contributed by atoms with Crippen LogP contribution in [0.1, 0.15) is 43.5 Å². The Balaban J connectivity index is 0.00000288. The van der Waals surface area contributed by atoms with Gasteiger partial charge in [-0.05, 0) is 51.4 Å². The van der Waals surface area contributed by atoms with E-state index >= 15 is 0 Å². The maximum Gasteiger partial charge on any atom is 0.254 e. The average molecular weight is 357 g/mol. The second-order valence-corrected chi connectivity index (χ2v) is 5.80. The summed E-state index contributed by atoms with van der Waals surface area (Å²) in [6.45, 7) is 6.84. The number of likely N-dealkylation sites (N-methyl/N-ethyl adjacent to an activating group) is 1. The molecule has 0 bridgehead atoms. The molecule has 1 amide bonds. The Hall–Kier alpha value is -1.46. The van der Waals surface area contributed by atoms with Gasteiger partial charge < -0.3 is 19.7 Å². The van der Waals surface area contributed by atoms with Crippen LogP contribution in [0.3, 0.4) is 0 Å². The number of ether oxygens (including phenoxy) is 2. The maximum absolute atomic E-state index is 12.8. The van der Waals surface area contributed by atoms with Crippen molar-refractivity contribution in [3.05, 3.63) is 23.8 Å². The third kappa shape index (κ3) is 5.02. The van der Waals surface area contributed by atoms with Gasteiger partial charge in [0.2, 0.25) is 0 Å². The van der Waals surface area contributed by atoms with Crippen LogP contribution < -0.4 is 14.8 Å². The topological polar surface area (TPSA) is 50.8 Å². The summed E-state index contributed by atoms with van der Waals surface area (Å²) < 4.78 is 11.4. The third-order valence-electron chi connectivity index (χ3n) is 4.03. The second kappa shape index (κ2) is 10.4. The van der Waals surface area contributed by atoms with Gasteiger partial charge in [-0.25, -0.2) is 0 Å². The molecule has 1 unspecified atom stereocenters. The SMILES string of the molecule is CCCOc1ccc(C(=O)N2CCCC2CNC)cc1OCC.Cl. The quantitative estimate of drug-likeness (QED) is 0.777. The summed E-state index contributed by atoms with van der Waals surface area (Å²) in [6, 6.07) is 5.77. The van der Waals surface area contributed by atoms with Crippen molar-refractivity contribution in [2.24, 2.45) is 0 Å². The normalized spacial score (nSPS) is 16.6. The molecule has 1 aromatic rings. The molecular weight excluding hydrogens is 328 g/mol. The van der Waals surface area contributed by atoms with Crippen molar-refractivity contribution in [1.29, 1.82) is 0 Å². The molecular formula is C18H29ClN2O3. The number of amides is 1. The highest BCUT2D eigenvalue weighted by atomic mass is 35.5. The molecule has 1 fully saturated rings. The molecule has 1 N–H and O–H groups in total. The van der Waals surface area contributed by atoms with Gasteiger partial charge in [0.05, 0.1) is 13.2 Å². The fourth-order valence-electron chi connectivity index (χ4n) is 2.96. The number of nitrogens with one attached hydrogen (secondary N) is 1. The average Bonchev–Trinajstić information content (AvgIpc) is 3.02. The van der Waals surface area contributed by atoms with E-state index in [0.29, 0.717) is 30.3 Å². The first kappa shape index (κ1) is 20.6. The number of nitrogens with zero attached hydrogens (tertiary/aromatic N) is 1. The van der Waals surface area contributed by atoms with Crippen molar-refractivity contribution < 1.29 is 14.3 Å². The summed E-state index contributed by atoms with van der Waals surface area (Å²) in [5.41, 5.74) is 0.667. The first-order valence-corrected chi connectivity index (χ1v) is 8.56. The zero-order valence-electron chi connectivity index (χ0n) is 14.8. The largest absolute Gasteiger partial charge is 0.490 e. The summed E-state index contributed by atoms with van der Waals surface area (Å²) in [6.07, 6.45) is 3.06. The van der Waals surface area contributed by atoms with Gasteiger partial charge in [0.1, 0.15) is 0 Å². The van der Waals surface area contributed by atoms with Crippen LogP contribution in [-0.2, 0) is 0 Å². The molecule has 0 radical (unpaired) electrons. The first-order chi connectivity index (χ1) is 11.2. The number of halogens is 1. The lowest BCUT2D eigenvalue weighted by atomic mass is 10.1. The molecule has 5 nitrogen and oxygen atoms in total. The molecule has 1 aliphatic heterocycles. The Morgan fingerprint density at radius 3 is 2.75 bits per heavy atom. The van der Waals surface area contributed by atoms with E-state index < -0.39 is 0 Å². The Morgan fingerprint density at radius 1 is 1.29 bits per heavy atom. The van der Waals surface area contributed by atoms with E-state index in [1.807, 2.05) is 37.1 Å². The van der Waals surface area contributed by atoms with Crippen molar-refractivity contribution in [3.8, 4) is 11.5 Å². The van der Waals surface area contributed by atoms with E-state index in [1.165, 1.54) is 0 Å². The molecule has 1 aromatic carbocycles. The van der Waals surface area contributed by atoms with Gasteiger partial charge in [0.25, 0.3) is 5.91 Å². The van der Waals surface area contributed by atoms with E-state index in [4.69, 9.17) is 9.47 Å². The number of rotatable bonds is 8. The van der Waals surface area contributed by atoms with E-state index in [9.17, 15) is 4.79 Å². The summed E-state index contributed by atoms with van der Waals surface area (Å²) in [4.78, 5) is 14.8. The zero-order chi connectivity index (χ0) is 16.7. The van der Waals surface area contributed by atoms with E-state index in [2.05, 4.69) is 12.2 Å². The van der Waals surface area contributed by atoms with Crippen LogP contribution in [0.25, 0.3) is 0 Å². The zero-order valence-corrected chi connectivity index (χ0v) is 15.7. The summed E-state index contributed by atoms with van der Waals surface area (Å²) in [5.74, 6) is 1.43. The molecule has 24 heavy (non-hydrogen) atoms. The third-order valence-corrected chi connectivity index (χ3v) is 4.03. The monoisotopic (exact) mass is 356 g/mol. The van der Waals surface area contributed by atoms with Crippen LogP contribution in [0.15, 0.2) is 18.2 Å². The highest BCUT2D eigenvalue weighted by molar-refractivity contribution is 5.95. The molecule has 2 rings (SSSR count). The van der Waals surface area contributed by atoms with Gasteiger partial charge in [-0.3, -0.25) is 4.79 Å². The van der Waals surface area contributed by atoms with Crippen molar-refractivity contribution in [2.45, 2.75) is 39.2 Å². The van der Waals surface area contributed by atoms with Gasteiger partial charge >= 0.3 is 0 Å². The van der Waals surface area contributed by atoms with Crippen LogP contribution in [0.5, 0.6) is 11.5 Å². The van der Waals surface area contributed by atoms with Crippen molar-refractivity contribution in [3.63, 3.8) is 0 Å². The summed E-state index contributed by atoms with van der Waals surface area (Å²) in [5, 5.41) is 3.17. The predicted octanol–water partition coefficient (Wildman–Crippen LogP) is 3.12. The Morgan fingerprint density at radius 2 is 2.08 bits per heavy atom. The summed E-state index contributed by atoms with van der Waals surface area (Å²) in [7, 11) is 1.92. The molecule has 0 saturated carbocycles. The number of hydrogen-bond acceptors (Lipinski definition) is 4. The standard InChI is InChI=1S/C18H28N2O3.ClH/c1-4-11-23-16-9-8-14(12-17(16)22-5-2)18(21)20-10-6-7-15(20)13-19-3;/h8-9,12,15,19H,4-7,10-11,13H2,1-3H3;1H. The molecule has 1 aliphatic rings. The van der Waals surface area contributed by atoms with Crippen molar-refractivity contribution in [2.75, 3.05) is 33.4 Å². The van der Waals surface area contributed by atoms with Gasteiger partial charge in [-0.2, -0.15) is 0 Å². The Bertz CT molecular complexity index is 525. The number of carbonyl (C=O) groups excluding carboxylic acids is 1. The molecule has 0 aromatic heterocycles. The predicted molar refractivity (Wildman–Crippen MR) is 98.6 cm³/mol. The second-order valence-electron chi connectivity index (χ2n) is 5.80. The first-order valence-electron chi connectivity index (χ1n) is 8.56. The number of likely N-dealkylation sites (tertiary alicyclic amines) is 1. The Kier molecular flexibility index (Phi) is 8.93. The van der Waals surface area contributed by atoms with E-state index in [1.54, 1.807) is 0 Å². The minimum Gasteiger partial charge on any atom is -0.490 e. The van der Waals surface area contributed by atoms with E-state index in [0.717, 1.165) is 32.4 Å². The lowest BCUT2D eigenvalue weighted by molar-refractivity contribution is 0.0736. The van der Waals surface area contributed by atoms with Gasteiger partial charge in [-0.1, -0.05) is 6.92 Å². The molecule has 0 aliphatic carbocycles. The fourth-order valence-corrected chi connectivity index (χ4v) is 2.96. The molecule has 1 saturated heterocycles. The minimum absolute atomic E-state index is 0. The molecule has 0 spiro atoms. The lowest BCUT2D eigenvalue weighted by Crippen LogP contribution is -2.40. The van der Waals surface area contributed by atoms with Crippen LogP contribution in [0.2, 0.25) is 0 Å². The maximum atomic E-state index is 12.8. The van der Waals surface area contributed by atoms with Crippen LogP contribution in [-0.4, -0.2) is 50.2 Å². The highest BCUT2D eigenvalue weighted by Crippen LogP contribution is 2.30.